The van der Waals surface area contributed by atoms with E-state index in [1.54, 1.807) is 25.3 Å². The molecular weight excluding hydrogens is 289 g/mol. The van der Waals surface area contributed by atoms with Crippen LogP contribution in [0.2, 0.25) is 5.02 Å². The van der Waals surface area contributed by atoms with Gasteiger partial charge in [0.1, 0.15) is 11.6 Å². The molecule has 21 heavy (non-hydrogen) atoms. The Morgan fingerprint density at radius 1 is 1.14 bits per heavy atom. The summed E-state index contributed by atoms with van der Waals surface area (Å²) in [5.74, 6) is 0.470. The van der Waals surface area contributed by atoms with Gasteiger partial charge in [0.25, 0.3) is 0 Å². The molecule has 0 unspecified atom stereocenters. The highest BCUT2D eigenvalue weighted by Gasteiger charge is 2.12. The smallest absolute Gasteiger partial charge is 0.126 e. The van der Waals surface area contributed by atoms with Crippen molar-refractivity contribution in [1.29, 1.82) is 0 Å². The van der Waals surface area contributed by atoms with Gasteiger partial charge in [0.15, 0.2) is 0 Å². The van der Waals surface area contributed by atoms with Crippen LogP contribution in [0, 0.1) is 5.82 Å². The van der Waals surface area contributed by atoms with E-state index in [4.69, 9.17) is 16.3 Å². The first kappa shape index (κ1) is 15.8. The lowest BCUT2D eigenvalue weighted by Crippen LogP contribution is -2.22. The Hall–Kier alpha value is -1.58. The molecule has 2 nitrogen and oxygen atoms in total. The van der Waals surface area contributed by atoms with Crippen molar-refractivity contribution in [3.05, 3.63) is 52.8 Å². The van der Waals surface area contributed by atoms with Crippen molar-refractivity contribution < 1.29 is 9.13 Å². The minimum Gasteiger partial charge on any atom is -0.496 e. The van der Waals surface area contributed by atoms with Gasteiger partial charge in [-0.3, -0.25) is 0 Å². The fourth-order valence-corrected chi connectivity index (χ4v) is 2.35. The monoisotopic (exact) mass is 307 g/mol. The Balaban J connectivity index is 2.50. The van der Waals surface area contributed by atoms with Gasteiger partial charge in [0, 0.05) is 23.2 Å². The highest BCUT2D eigenvalue weighted by Crippen LogP contribution is 2.34. The molecule has 0 atom stereocenters. The molecule has 0 bridgehead atoms. The van der Waals surface area contributed by atoms with Gasteiger partial charge >= 0.3 is 0 Å². The number of methoxy groups -OCH3 is 1. The second-order valence-corrected chi connectivity index (χ2v) is 5.62. The molecule has 4 heteroatoms. The Labute approximate surface area is 129 Å². The average Bonchev–Trinajstić information content (AvgIpc) is 2.45. The second-order valence-electron chi connectivity index (χ2n) is 5.18. The van der Waals surface area contributed by atoms with Gasteiger partial charge in [-0.25, -0.2) is 4.39 Å². The first-order valence-electron chi connectivity index (χ1n) is 6.87. The van der Waals surface area contributed by atoms with Gasteiger partial charge < -0.3 is 10.1 Å². The Kier molecular flexibility index (Phi) is 5.21. The van der Waals surface area contributed by atoms with Crippen LogP contribution in [0.4, 0.5) is 4.39 Å². The van der Waals surface area contributed by atoms with Crippen molar-refractivity contribution in [2.24, 2.45) is 0 Å². The first-order valence-corrected chi connectivity index (χ1v) is 7.24. The van der Waals surface area contributed by atoms with Crippen molar-refractivity contribution in [1.82, 2.24) is 5.32 Å². The molecule has 112 valence electrons. The van der Waals surface area contributed by atoms with Crippen LogP contribution in [-0.2, 0) is 6.54 Å². The molecule has 2 aromatic rings. The fourth-order valence-electron chi connectivity index (χ4n) is 2.18. The molecule has 2 rings (SSSR count). The summed E-state index contributed by atoms with van der Waals surface area (Å²) in [6.45, 7) is 4.69. The van der Waals surface area contributed by atoms with Crippen LogP contribution in [0.25, 0.3) is 11.1 Å². The molecule has 0 radical (unpaired) electrons. The van der Waals surface area contributed by atoms with E-state index >= 15 is 0 Å². The summed E-state index contributed by atoms with van der Waals surface area (Å²) in [5, 5.41) is 3.93. The molecule has 0 heterocycles. The zero-order valence-corrected chi connectivity index (χ0v) is 13.2. The number of benzene rings is 2. The number of nitrogens with one attached hydrogen (secondary N) is 1. The summed E-state index contributed by atoms with van der Waals surface area (Å²) in [4.78, 5) is 0. The molecular formula is C17H19ClFNO. The quantitative estimate of drug-likeness (QED) is 0.868. The third-order valence-electron chi connectivity index (χ3n) is 3.22. The third kappa shape index (κ3) is 3.96. The van der Waals surface area contributed by atoms with Gasteiger partial charge in [0.05, 0.1) is 7.11 Å². The highest BCUT2D eigenvalue weighted by molar-refractivity contribution is 6.31. The van der Waals surface area contributed by atoms with Crippen molar-refractivity contribution in [2.45, 2.75) is 26.4 Å². The van der Waals surface area contributed by atoms with E-state index in [1.165, 1.54) is 6.07 Å². The standard InChI is InChI=1S/C17H19ClFNO/c1-11(2)20-10-12-8-14(19)5-6-15(12)16-9-13(18)4-7-17(16)21-3/h4-9,11,20H,10H2,1-3H3. The number of hydrogen-bond donors (Lipinski definition) is 1. The second kappa shape index (κ2) is 6.92. The predicted molar refractivity (Wildman–Crippen MR) is 85.4 cm³/mol. The van der Waals surface area contributed by atoms with Crippen molar-refractivity contribution >= 4 is 11.6 Å². The van der Waals surface area contributed by atoms with Crippen molar-refractivity contribution in [3.63, 3.8) is 0 Å². The first-order chi connectivity index (χ1) is 10.0. The Morgan fingerprint density at radius 2 is 1.90 bits per heavy atom. The van der Waals surface area contributed by atoms with E-state index < -0.39 is 0 Å². The highest BCUT2D eigenvalue weighted by atomic mass is 35.5. The van der Waals surface area contributed by atoms with Crippen molar-refractivity contribution in [3.8, 4) is 16.9 Å². The van der Waals surface area contributed by atoms with Crippen LogP contribution in [-0.4, -0.2) is 13.2 Å². The molecule has 0 fully saturated rings. The normalized spacial score (nSPS) is 11.0. The SMILES string of the molecule is COc1ccc(Cl)cc1-c1ccc(F)cc1CNC(C)C. The van der Waals surface area contributed by atoms with Crippen molar-refractivity contribution in [2.75, 3.05) is 7.11 Å². The molecule has 0 saturated heterocycles. The molecule has 0 saturated carbocycles. The molecule has 0 aromatic heterocycles. The number of hydrogen-bond acceptors (Lipinski definition) is 2. The van der Waals surface area contributed by atoms with Gasteiger partial charge in [-0.1, -0.05) is 31.5 Å². The zero-order valence-electron chi connectivity index (χ0n) is 12.4. The third-order valence-corrected chi connectivity index (χ3v) is 3.45. The number of rotatable bonds is 5. The van der Waals surface area contributed by atoms with Crippen LogP contribution in [0.15, 0.2) is 36.4 Å². The van der Waals surface area contributed by atoms with Crippen LogP contribution in [0.1, 0.15) is 19.4 Å². The average molecular weight is 308 g/mol. The van der Waals surface area contributed by atoms with E-state index in [9.17, 15) is 4.39 Å². The Morgan fingerprint density at radius 3 is 2.57 bits per heavy atom. The van der Waals surface area contributed by atoms with Crippen LogP contribution in [0.5, 0.6) is 5.75 Å². The summed E-state index contributed by atoms with van der Waals surface area (Å²) >= 11 is 6.09. The number of halogens is 2. The van der Waals surface area contributed by atoms with E-state index in [0.717, 1.165) is 22.4 Å². The molecule has 0 aliphatic rings. The minimum atomic E-state index is -0.250. The molecule has 2 aromatic carbocycles. The summed E-state index contributed by atoms with van der Waals surface area (Å²) in [6.07, 6.45) is 0. The molecule has 0 aliphatic carbocycles. The topological polar surface area (TPSA) is 21.3 Å². The summed E-state index contributed by atoms with van der Waals surface area (Å²) in [6, 6.07) is 10.5. The summed E-state index contributed by atoms with van der Waals surface area (Å²) < 4.78 is 19.0. The lowest BCUT2D eigenvalue weighted by Gasteiger charge is -2.15. The molecule has 0 amide bonds. The van der Waals surface area contributed by atoms with Gasteiger partial charge in [0.2, 0.25) is 0 Å². The van der Waals surface area contributed by atoms with Crippen LogP contribution >= 0.6 is 11.6 Å². The Bertz CT molecular complexity index is 628. The van der Waals surface area contributed by atoms with Gasteiger partial charge in [-0.05, 0) is 41.5 Å². The molecule has 0 spiro atoms. The number of ether oxygens (including phenoxy) is 1. The maximum atomic E-state index is 13.6. The lowest BCUT2D eigenvalue weighted by molar-refractivity contribution is 0.416. The molecule has 1 N–H and O–H groups in total. The van der Waals surface area contributed by atoms with Gasteiger partial charge in [-0.15, -0.1) is 0 Å². The summed E-state index contributed by atoms with van der Waals surface area (Å²) in [7, 11) is 1.61. The van der Waals surface area contributed by atoms with E-state index in [2.05, 4.69) is 19.2 Å². The van der Waals surface area contributed by atoms with E-state index in [1.807, 2.05) is 12.1 Å². The summed E-state index contributed by atoms with van der Waals surface area (Å²) in [5.41, 5.74) is 2.67. The van der Waals surface area contributed by atoms with Gasteiger partial charge in [-0.2, -0.15) is 0 Å². The fraction of sp³-hybridized carbons (Fsp3) is 0.294. The minimum absolute atomic E-state index is 0.250. The van der Waals surface area contributed by atoms with E-state index in [0.29, 0.717) is 17.6 Å². The van der Waals surface area contributed by atoms with Crippen LogP contribution in [0.3, 0.4) is 0 Å². The maximum absolute atomic E-state index is 13.6. The van der Waals surface area contributed by atoms with Crippen LogP contribution < -0.4 is 10.1 Å². The largest absolute Gasteiger partial charge is 0.496 e. The molecule has 0 aliphatic heterocycles. The zero-order chi connectivity index (χ0) is 15.4. The maximum Gasteiger partial charge on any atom is 0.126 e. The van der Waals surface area contributed by atoms with E-state index in [-0.39, 0.29) is 5.82 Å². The lowest BCUT2D eigenvalue weighted by atomic mass is 9.98. The predicted octanol–water partition coefficient (Wildman–Crippen LogP) is 4.65.